The van der Waals surface area contributed by atoms with Crippen LogP contribution < -0.4 is 16.6 Å². The quantitative estimate of drug-likeness (QED) is 0.651. The lowest BCUT2D eigenvalue weighted by Gasteiger charge is -2.10. The number of hydrogen-bond acceptors (Lipinski definition) is 5. The highest BCUT2D eigenvalue weighted by molar-refractivity contribution is 5.30. The van der Waals surface area contributed by atoms with Crippen LogP contribution >= 0.6 is 0 Å². The summed E-state index contributed by atoms with van der Waals surface area (Å²) in [7, 11) is 0. The van der Waals surface area contributed by atoms with E-state index in [2.05, 4.69) is 24.1 Å². The van der Waals surface area contributed by atoms with Gasteiger partial charge in [-0.1, -0.05) is 13.8 Å². The van der Waals surface area contributed by atoms with Crippen LogP contribution in [0.15, 0.2) is 17.2 Å². The minimum Gasteiger partial charge on any atom is -0.378 e. The van der Waals surface area contributed by atoms with Gasteiger partial charge in [-0.2, -0.15) is 0 Å². The predicted octanol–water partition coefficient (Wildman–Crippen LogP) is 0.287. The van der Waals surface area contributed by atoms with Crippen molar-refractivity contribution in [1.82, 2.24) is 9.55 Å². The Morgan fingerprint density at radius 1 is 1.50 bits per heavy atom. The molecule has 1 aromatic heterocycles. The van der Waals surface area contributed by atoms with Gasteiger partial charge in [0.05, 0.1) is 13.2 Å². The molecule has 3 N–H and O–H groups in total. The van der Waals surface area contributed by atoms with Crippen molar-refractivity contribution < 1.29 is 4.74 Å². The normalized spacial score (nSPS) is 10.9. The number of hydrogen-bond donors (Lipinski definition) is 2. The minimum absolute atomic E-state index is 0.0926. The second kappa shape index (κ2) is 7.84. The van der Waals surface area contributed by atoms with Gasteiger partial charge in [-0.3, -0.25) is 4.79 Å². The van der Waals surface area contributed by atoms with E-state index in [9.17, 15) is 4.79 Å². The van der Waals surface area contributed by atoms with Gasteiger partial charge in [0.15, 0.2) is 5.82 Å². The van der Waals surface area contributed by atoms with Crippen molar-refractivity contribution in [3.8, 4) is 0 Å². The molecule has 18 heavy (non-hydrogen) atoms. The molecule has 0 saturated carbocycles. The van der Waals surface area contributed by atoms with Crippen LogP contribution in [0.25, 0.3) is 0 Å². The fourth-order valence-corrected chi connectivity index (χ4v) is 1.53. The Labute approximate surface area is 107 Å². The van der Waals surface area contributed by atoms with Crippen LogP contribution in [-0.4, -0.2) is 35.9 Å². The average molecular weight is 254 g/mol. The summed E-state index contributed by atoms with van der Waals surface area (Å²) in [5.74, 6) is 0.792. The van der Waals surface area contributed by atoms with E-state index in [0.29, 0.717) is 44.6 Å². The number of nitrogens with two attached hydrogens (primary N) is 1. The molecule has 0 aliphatic carbocycles. The highest BCUT2D eigenvalue weighted by Gasteiger charge is 2.05. The number of aromatic nitrogens is 2. The molecule has 6 heteroatoms. The van der Waals surface area contributed by atoms with E-state index >= 15 is 0 Å². The fourth-order valence-electron chi connectivity index (χ4n) is 1.53. The molecule has 0 fully saturated rings. The molecule has 6 nitrogen and oxygen atoms in total. The second-order valence-corrected chi connectivity index (χ2v) is 4.46. The molecule has 1 aromatic rings. The summed E-state index contributed by atoms with van der Waals surface area (Å²) in [5.41, 5.74) is 5.21. The van der Waals surface area contributed by atoms with Crippen LogP contribution in [0.3, 0.4) is 0 Å². The van der Waals surface area contributed by atoms with Gasteiger partial charge in [0.25, 0.3) is 5.56 Å². The zero-order valence-electron chi connectivity index (χ0n) is 11.1. The molecule has 0 unspecified atom stereocenters. The maximum atomic E-state index is 12.0. The molecule has 1 heterocycles. The first-order valence-corrected chi connectivity index (χ1v) is 6.22. The Morgan fingerprint density at radius 3 is 2.94 bits per heavy atom. The highest BCUT2D eigenvalue weighted by Crippen LogP contribution is 1.98. The van der Waals surface area contributed by atoms with E-state index < -0.39 is 0 Å². The number of nitrogens with one attached hydrogen (secondary N) is 1. The van der Waals surface area contributed by atoms with Crippen LogP contribution in [-0.2, 0) is 11.3 Å². The number of ether oxygens (including phenoxy) is 1. The monoisotopic (exact) mass is 254 g/mol. The topological polar surface area (TPSA) is 82.2 Å². The summed E-state index contributed by atoms with van der Waals surface area (Å²) in [6.07, 6.45) is 3.34. The van der Waals surface area contributed by atoms with Crippen LogP contribution in [0.4, 0.5) is 5.82 Å². The summed E-state index contributed by atoms with van der Waals surface area (Å²) >= 11 is 0. The lowest BCUT2D eigenvalue weighted by atomic mass is 10.2. The Hall–Kier alpha value is -1.40. The van der Waals surface area contributed by atoms with Crippen molar-refractivity contribution in [1.29, 1.82) is 0 Å². The van der Waals surface area contributed by atoms with Crippen molar-refractivity contribution in [2.45, 2.75) is 20.4 Å². The molecular formula is C12H22N4O2. The van der Waals surface area contributed by atoms with Crippen LogP contribution in [0, 0.1) is 5.92 Å². The molecule has 0 aromatic carbocycles. The maximum absolute atomic E-state index is 12.0. The molecule has 0 atom stereocenters. The van der Waals surface area contributed by atoms with Crippen molar-refractivity contribution in [3.63, 3.8) is 0 Å². The van der Waals surface area contributed by atoms with Gasteiger partial charge < -0.3 is 20.4 Å². The first-order valence-electron chi connectivity index (χ1n) is 6.22. The van der Waals surface area contributed by atoms with E-state index in [1.54, 1.807) is 17.0 Å². The Kier molecular flexibility index (Phi) is 6.38. The zero-order chi connectivity index (χ0) is 13.4. The Balaban J connectivity index is 2.53. The first-order chi connectivity index (χ1) is 8.65. The molecule has 1 rings (SSSR count). The standard InChI is InChI=1S/C12H22N4O2/c1-10(2)9-16-6-4-14-11(12(16)17)15-5-8-18-7-3-13/h4,6,10H,3,5,7-9,13H2,1-2H3,(H,14,15). The van der Waals surface area contributed by atoms with Crippen molar-refractivity contribution in [3.05, 3.63) is 22.7 Å². The number of rotatable bonds is 8. The second-order valence-electron chi connectivity index (χ2n) is 4.46. The third-order valence-corrected chi connectivity index (χ3v) is 2.28. The molecule has 0 aliphatic heterocycles. The summed E-state index contributed by atoms with van der Waals surface area (Å²) < 4.78 is 6.88. The van der Waals surface area contributed by atoms with Gasteiger partial charge >= 0.3 is 0 Å². The average Bonchev–Trinajstić information content (AvgIpc) is 2.33. The van der Waals surface area contributed by atoms with Gasteiger partial charge in [0.2, 0.25) is 0 Å². The van der Waals surface area contributed by atoms with E-state index in [-0.39, 0.29) is 5.56 Å². The number of nitrogens with zero attached hydrogens (tertiary/aromatic N) is 2. The van der Waals surface area contributed by atoms with Crippen molar-refractivity contribution >= 4 is 5.82 Å². The molecule has 0 aliphatic rings. The van der Waals surface area contributed by atoms with Crippen molar-refractivity contribution in [2.24, 2.45) is 11.7 Å². The van der Waals surface area contributed by atoms with Gasteiger partial charge in [-0.05, 0) is 5.92 Å². The third-order valence-electron chi connectivity index (χ3n) is 2.28. The van der Waals surface area contributed by atoms with E-state index in [4.69, 9.17) is 10.5 Å². The molecule has 0 spiro atoms. The fraction of sp³-hybridized carbons (Fsp3) is 0.667. The van der Waals surface area contributed by atoms with Gasteiger partial charge in [-0.25, -0.2) is 4.98 Å². The molecular weight excluding hydrogens is 232 g/mol. The maximum Gasteiger partial charge on any atom is 0.293 e. The number of anilines is 1. The van der Waals surface area contributed by atoms with Crippen LogP contribution in [0.5, 0.6) is 0 Å². The molecule has 0 saturated heterocycles. The van der Waals surface area contributed by atoms with Crippen LogP contribution in [0.1, 0.15) is 13.8 Å². The summed E-state index contributed by atoms with van der Waals surface area (Å²) in [5, 5.41) is 2.98. The van der Waals surface area contributed by atoms with E-state index in [1.165, 1.54) is 0 Å². The third kappa shape index (κ3) is 4.85. The van der Waals surface area contributed by atoms with Gasteiger partial charge in [0.1, 0.15) is 0 Å². The van der Waals surface area contributed by atoms with E-state index in [1.807, 2.05) is 0 Å². The van der Waals surface area contributed by atoms with Crippen LogP contribution in [0.2, 0.25) is 0 Å². The molecule has 0 amide bonds. The summed E-state index contributed by atoms with van der Waals surface area (Å²) in [6, 6.07) is 0. The minimum atomic E-state index is -0.0926. The first kappa shape index (κ1) is 14.7. The van der Waals surface area contributed by atoms with E-state index in [0.717, 1.165) is 0 Å². The smallest absolute Gasteiger partial charge is 0.293 e. The largest absolute Gasteiger partial charge is 0.378 e. The molecule has 102 valence electrons. The Bertz CT molecular complexity index is 403. The lowest BCUT2D eigenvalue weighted by molar-refractivity contribution is 0.151. The van der Waals surface area contributed by atoms with Gasteiger partial charge in [-0.15, -0.1) is 0 Å². The molecule has 0 bridgehead atoms. The summed E-state index contributed by atoms with van der Waals surface area (Å²) in [4.78, 5) is 16.0. The zero-order valence-corrected chi connectivity index (χ0v) is 11.1. The van der Waals surface area contributed by atoms with Crippen molar-refractivity contribution in [2.75, 3.05) is 31.6 Å². The SMILES string of the molecule is CC(C)Cn1ccnc(NCCOCCN)c1=O. The van der Waals surface area contributed by atoms with Gasteiger partial charge in [0, 0.05) is 32.0 Å². The Morgan fingerprint density at radius 2 is 2.28 bits per heavy atom. The highest BCUT2D eigenvalue weighted by atomic mass is 16.5. The summed E-state index contributed by atoms with van der Waals surface area (Å²) in [6.45, 7) is 6.93. The molecule has 0 radical (unpaired) electrons. The predicted molar refractivity (Wildman–Crippen MR) is 71.7 cm³/mol. The lowest BCUT2D eigenvalue weighted by Crippen LogP contribution is -2.27.